The van der Waals surface area contributed by atoms with Gasteiger partial charge in [-0.3, -0.25) is 0 Å². The maximum absolute atomic E-state index is 7.32. The first kappa shape index (κ1) is 20.0. The summed E-state index contributed by atoms with van der Waals surface area (Å²) >= 11 is -3.40. The van der Waals surface area contributed by atoms with Crippen LogP contribution in [0.2, 0.25) is 70.9 Å². The third-order valence-electron chi connectivity index (χ3n) is 2.45. The van der Waals surface area contributed by atoms with E-state index in [1.807, 2.05) is 0 Å². The minimum absolute atomic E-state index is 1.19. The third kappa shape index (κ3) is 9.88. The van der Waals surface area contributed by atoms with Gasteiger partial charge in [0.25, 0.3) is 0 Å². The summed E-state index contributed by atoms with van der Waals surface area (Å²) in [5, 5.41) is 0. The SMILES string of the molecule is C[Si](C)(C)[CH2][Sb]([Cl])([Cl])([CH2][Si](C)(C)C)[CH2][Si](C)(C)C. The zero-order valence-electron chi connectivity index (χ0n) is 13.8. The molecule has 0 spiro atoms. The van der Waals surface area contributed by atoms with E-state index >= 15 is 0 Å². The molecular formula is C12H33Cl2SbSi3. The van der Waals surface area contributed by atoms with E-state index < -0.39 is 39.3 Å². The summed E-state index contributed by atoms with van der Waals surface area (Å²) in [6.45, 7) is 21.9. The Bertz CT molecular complexity index is 250. The minimum atomic E-state index is -3.40. The molecule has 0 saturated carbocycles. The van der Waals surface area contributed by atoms with Crippen molar-refractivity contribution >= 4 is 57.0 Å². The van der Waals surface area contributed by atoms with Gasteiger partial charge in [-0.05, 0) is 0 Å². The summed E-state index contributed by atoms with van der Waals surface area (Å²) in [5.74, 6) is 0. The number of rotatable bonds is 6. The molecule has 0 radical (unpaired) electrons. The first-order valence-corrected chi connectivity index (χ1v) is 29.8. The third-order valence-corrected chi connectivity index (χ3v) is 63.8. The molecule has 112 valence electrons. The van der Waals surface area contributed by atoms with Gasteiger partial charge in [0.2, 0.25) is 0 Å². The van der Waals surface area contributed by atoms with Crippen molar-refractivity contribution in [2.45, 2.75) is 70.9 Å². The van der Waals surface area contributed by atoms with Gasteiger partial charge < -0.3 is 0 Å². The van der Waals surface area contributed by atoms with Gasteiger partial charge in [-0.2, -0.15) is 0 Å². The van der Waals surface area contributed by atoms with E-state index in [0.717, 1.165) is 0 Å². The molecule has 0 heterocycles. The van der Waals surface area contributed by atoms with E-state index in [-0.39, 0.29) is 0 Å². The maximum atomic E-state index is 7.32. The Morgan fingerprint density at radius 1 is 0.556 bits per heavy atom. The predicted octanol–water partition coefficient (Wildman–Crippen LogP) is 6.49. The molecule has 0 bridgehead atoms. The van der Waals surface area contributed by atoms with Gasteiger partial charge in [0.1, 0.15) is 0 Å². The van der Waals surface area contributed by atoms with Crippen molar-refractivity contribution in [3.63, 3.8) is 0 Å². The quantitative estimate of drug-likeness (QED) is 0.403. The number of hydrogen-bond acceptors (Lipinski definition) is 0. The summed E-state index contributed by atoms with van der Waals surface area (Å²) in [6.07, 6.45) is 0. The van der Waals surface area contributed by atoms with Crippen molar-refractivity contribution in [1.82, 2.24) is 0 Å². The van der Waals surface area contributed by atoms with Crippen molar-refractivity contribution in [3.8, 4) is 0 Å². The molecule has 0 unspecified atom stereocenters. The topological polar surface area (TPSA) is 0 Å². The van der Waals surface area contributed by atoms with Crippen LogP contribution in [0.1, 0.15) is 0 Å². The Hall–Kier alpha value is 2.05. The average Bonchev–Trinajstić information content (AvgIpc) is 1.62. The van der Waals surface area contributed by atoms with E-state index in [0.29, 0.717) is 0 Å². The Balaban J connectivity index is 5.38. The standard InChI is InChI=1S/3C4H11Si.2ClH.Sb/c3*1-5(2,3)4;;;/h3*1H2,2-4H3;2*1H;/q;;;;;+2/p-2. The fourth-order valence-electron chi connectivity index (χ4n) is 3.26. The van der Waals surface area contributed by atoms with Crippen LogP contribution in [-0.2, 0) is 0 Å². The molecule has 0 amide bonds. The van der Waals surface area contributed by atoms with E-state index in [4.69, 9.17) is 17.7 Å². The second kappa shape index (κ2) is 5.68. The van der Waals surface area contributed by atoms with Gasteiger partial charge in [0.15, 0.2) is 0 Å². The Kier molecular flexibility index (Phi) is 6.33. The molecule has 0 aliphatic heterocycles. The summed E-state index contributed by atoms with van der Waals surface area (Å²) in [5.41, 5.74) is 0. The van der Waals surface area contributed by atoms with E-state index in [9.17, 15) is 0 Å². The van der Waals surface area contributed by atoms with Crippen LogP contribution in [0, 0.1) is 0 Å². The number of halogens is 2. The van der Waals surface area contributed by atoms with Gasteiger partial charge in [-0.1, -0.05) is 0 Å². The summed E-state index contributed by atoms with van der Waals surface area (Å²) in [4.78, 5) is 0. The van der Waals surface area contributed by atoms with Crippen molar-refractivity contribution in [2.75, 3.05) is 0 Å². The van der Waals surface area contributed by atoms with E-state index in [1.54, 1.807) is 0 Å². The molecule has 18 heavy (non-hydrogen) atoms. The molecule has 0 aliphatic carbocycles. The van der Waals surface area contributed by atoms with Gasteiger partial charge in [-0.25, -0.2) is 0 Å². The molecule has 0 nitrogen and oxygen atoms in total. The molecule has 0 aliphatic rings. The normalized spacial score (nSPS) is 17.4. The van der Waals surface area contributed by atoms with Gasteiger partial charge >= 0.3 is 128 Å². The summed E-state index contributed by atoms with van der Waals surface area (Å²) < 4.78 is 3.66. The first-order chi connectivity index (χ1) is 7.40. The molecular weight excluding hydrogens is 421 g/mol. The number of hydrogen-bond donors (Lipinski definition) is 0. The Morgan fingerprint density at radius 3 is 0.833 bits per heavy atom. The monoisotopic (exact) mass is 452 g/mol. The summed E-state index contributed by atoms with van der Waals surface area (Å²) in [6, 6.07) is 0. The molecule has 0 N–H and O–H groups in total. The molecule has 6 heteroatoms. The van der Waals surface area contributed by atoms with E-state index in [2.05, 4.69) is 58.9 Å². The second-order valence-electron chi connectivity index (χ2n) is 9.61. The van der Waals surface area contributed by atoms with Crippen LogP contribution >= 0.6 is 17.7 Å². The molecule has 0 fully saturated rings. The van der Waals surface area contributed by atoms with Crippen LogP contribution < -0.4 is 0 Å². The molecule has 0 aromatic heterocycles. The van der Waals surface area contributed by atoms with Crippen LogP contribution in [0.5, 0.6) is 0 Å². The van der Waals surface area contributed by atoms with Crippen LogP contribution in [-0.4, -0.2) is 39.3 Å². The van der Waals surface area contributed by atoms with Crippen LogP contribution in [0.4, 0.5) is 0 Å². The zero-order valence-corrected chi connectivity index (χ0v) is 20.9. The van der Waals surface area contributed by atoms with Crippen LogP contribution in [0.25, 0.3) is 0 Å². The van der Waals surface area contributed by atoms with Gasteiger partial charge in [0, 0.05) is 0 Å². The Labute approximate surface area is 127 Å². The molecule has 0 aromatic carbocycles. The van der Waals surface area contributed by atoms with Gasteiger partial charge in [-0.15, -0.1) is 0 Å². The van der Waals surface area contributed by atoms with Gasteiger partial charge in [0.05, 0.1) is 0 Å². The second-order valence-corrected chi connectivity index (χ2v) is 55.4. The van der Waals surface area contributed by atoms with Crippen LogP contribution in [0.3, 0.4) is 0 Å². The molecule has 0 rings (SSSR count). The fraction of sp³-hybridized carbons (Fsp3) is 1.00. The van der Waals surface area contributed by atoms with E-state index in [1.165, 1.54) is 12.0 Å². The van der Waals surface area contributed by atoms with Crippen molar-refractivity contribution in [2.24, 2.45) is 0 Å². The molecule has 0 aromatic rings. The first-order valence-electron chi connectivity index (χ1n) is 6.85. The zero-order chi connectivity index (χ0) is 15.1. The predicted molar refractivity (Wildman–Crippen MR) is 102 cm³/mol. The van der Waals surface area contributed by atoms with Crippen molar-refractivity contribution < 1.29 is 0 Å². The summed E-state index contributed by atoms with van der Waals surface area (Å²) in [7, 11) is 11.1. The fourth-order valence-corrected chi connectivity index (χ4v) is 116. The average molecular weight is 454 g/mol. The van der Waals surface area contributed by atoms with Crippen LogP contribution in [0.15, 0.2) is 0 Å². The Morgan fingerprint density at radius 2 is 0.722 bits per heavy atom. The van der Waals surface area contributed by atoms with Crippen molar-refractivity contribution in [3.05, 3.63) is 0 Å². The molecule has 0 atom stereocenters. The molecule has 0 saturated heterocycles. The van der Waals surface area contributed by atoms with Crippen molar-refractivity contribution in [1.29, 1.82) is 0 Å².